The lowest BCUT2D eigenvalue weighted by atomic mass is 9.95. The molecule has 0 atom stereocenters. The lowest BCUT2D eigenvalue weighted by Gasteiger charge is -2.17. The van der Waals surface area contributed by atoms with Gasteiger partial charge < -0.3 is 8.98 Å². The second kappa shape index (κ2) is 14.2. The Morgan fingerprint density at radius 2 is 1.03 bits per heavy atom. The number of furan rings is 1. The average molecular weight is 829 g/mol. The zero-order valence-corrected chi connectivity index (χ0v) is 34.1. The Morgan fingerprint density at radius 3 is 1.76 bits per heavy atom. The van der Waals surface area contributed by atoms with Gasteiger partial charge in [-0.2, -0.15) is 0 Å². The van der Waals surface area contributed by atoms with E-state index in [0.29, 0.717) is 45.4 Å². The smallest absolute Gasteiger partial charge is 0.167 e. The lowest BCUT2D eigenvalue weighted by Crippen LogP contribution is -2.00. The first-order valence-electron chi connectivity index (χ1n) is 23.6. The van der Waals surface area contributed by atoms with Crippen LogP contribution in [0.1, 0.15) is 8.22 Å². The van der Waals surface area contributed by atoms with E-state index in [4.69, 9.17) is 24.9 Å². The van der Waals surface area contributed by atoms with Gasteiger partial charge in [-0.25, -0.2) is 15.0 Å². The van der Waals surface area contributed by atoms with E-state index in [2.05, 4.69) is 42.5 Å². The summed E-state index contributed by atoms with van der Waals surface area (Å²) in [4.78, 5) is 14.9. The van der Waals surface area contributed by atoms with Gasteiger partial charge in [0.2, 0.25) is 0 Å². The summed E-state index contributed by atoms with van der Waals surface area (Å²) in [5.74, 6) is 1.61. The summed E-state index contributed by atoms with van der Waals surface area (Å²) in [6, 6.07) is 54.7. The molecule has 0 aliphatic rings. The van der Waals surface area contributed by atoms with Crippen molar-refractivity contribution in [1.82, 2.24) is 19.5 Å². The third kappa shape index (κ3) is 5.73. The van der Waals surface area contributed by atoms with Gasteiger partial charge in [-0.3, -0.25) is 0 Å². The van der Waals surface area contributed by atoms with E-state index in [1.54, 1.807) is 15.9 Å². The summed E-state index contributed by atoms with van der Waals surface area (Å²) in [6.45, 7) is 0. The highest BCUT2D eigenvalue weighted by atomic mass is 32.1. The zero-order valence-electron chi connectivity index (χ0n) is 39.3. The molecule has 9 aromatic carbocycles. The van der Waals surface area contributed by atoms with Crippen LogP contribution < -0.4 is 0 Å². The van der Waals surface area contributed by atoms with Crippen LogP contribution in [-0.2, 0) is 0 Å². The number of hydrogen-bond donors (Lipinski definition) is 0. The van der Waals surface area contributed by atoms with Crippen LogP contribution >= 0.6 is 11.3 Å². The van der Waals surface area contributed by atoms with Crippen molar-refractivity contribution in [3.63, 3.8) is 0 Å². The molecule has 0 saturated carbocycles. The molecule has 0 fully saturated rings. The molecule has 0 N–H and O–H groups in total. The fourth-order valence-corrected chi connectivity index (χ4v) is 10.2. The Kier molecular flexibility index (Phi) is 6.75. The number of fused-ring (bicyclic) bond motifs is 9. The summed E-state index contributed by atoms with van der Waals surface area (Å²) in [7, 11) is 0. The van der Waals surface area contributed by atoms with Crippen molar-refractivity contribution < 1.29 is 12.6 Å². The maximum atomic E-state index is 9.25. The van der Waals surface area contributed by atoms with Gasteiger partial charge in [-0.1, -0.05) is 158 Å². The fraction of sp³-hybridized carbons (Fsp3) is 0. The first-order chi connectivity index (χ1) is 33.7. The number of hydrogen-bond acceptors (Lipinski definition) is 5. The number of benzene rings is 9. The van der Waals surface area contributed by atoms with Gasteiger partial charge in [0.05, 0.1) is 30.5 Å². The van der Waals surface area contributed by atoms with Gasteiger partial charge in [0, 0.05) is 64.0 Å². The molecule has 4 heterocycles. The SMILES string of the molecule is [2H]c1cc([2H])c2c(c1[2H])c1c([2H])c([2H])cc([2H])c1n2-c1ccc(-c2ccc3c(c2)oc2c(-c4nc(-c5ccccc5)nc(-c5ccccc5)n4)cccc23)cc1-c1cccc2c1sc1ccccc12. The van der Waals surface area contributed by atoms with Crippen molar-refractivity contribution in [2.75, 3.05) is 0 Å². The maximum Gasteiger partial charge on any atom is 0.167 e. The minimum absolute atomic E-state index is 0.0120. The van der Waals surface area contributed by atoms with E-state index in [1.165, 1.54) is 12.1 Å². The molecule has 63 heavy (non-hydrogen) atoms. The Bertz CT molecular complexity index is 4150. The fourth-order valence-electron chi connectivity index (χ4n) is 8.92. The molecule has 13 aromatic rings. The topological polar surface area (TPSA) is 56.7 Å². The van der Waals surface area contributed by atoms with Gasteiger partial charge in [0.15, 0.2) is 17.5 Å². The number of thiophene rings is 1. The first-order valence-corrected chi connectivity index (χ1v) is 21.4. The molecule has 0 aliphatic carbocycles. The van der Waals surface area contributed by atoms with Crippen molar-refractivity contribution in [3.8, 4) is 62.1 Å². The van der Waals surface area contributed by atoms with Crippen LogP contribution in [0.15, 0.2) is 211 Å². The summed E-state index contributed by atoms with van der Waals surface area (Å²) >= 11 is 1.69. The summed E-state index contributed by atoms with van der Waals surface area (Å²) in [6.07, 6.45) is 0. The van der Waals surface area contributed by atoms with E-state index in [9.17, 15) is 2.74 Å². The lowest BCUT2D eigenvalue weighted by molar-refractivity contribution is 0.669. The molecule has 0 bridgehead atoms. The van der Waals surface area contributed by atoms with Crippen LogP contribution in [-0.4, -0.2) is 19.5 Å². The van der Waals surface area contributed by atoms with Crippen LogP contribution in [0, 0.1) is 0 Å². The predicted molar refractivity (Wildman–Crippen MR) is 262 cm³/mol. The Morgan fingerprint density at radius 1 is 0.429 bits per heavy atom. The zero-order chi connectivity index (χ0) is 46.7. The monoisotopic (exact) mass is 828 g/mol. The highest BCUT2D eigenvalue weighted by molar-refractivity contribution is 7.26. The minimum atomic E-state index is -0.159. The molecule has 0 amide bonds. The van der Waals surface area contributed by atoms with Crippen LogP contribution in [0.4, 0.5) is 0 Å². The first kappa shape index (κ1) is 29.9. The van der Waals surface area contributed by atoms with Gasteiger partial charge in [-0.05, 0) is 59.6 Å². The molecule has 13 rings (SSSR count). The van der Waals surface area contributed by atoms with Gasteiger partial charge in [0.1, 0.15) is 11.2 Å². The molecular formula is C57H34N4OS. The largest absolute Gasteiger partial charge is 0.455 e. The summed E-state index contributed by atoms with van der Waals surface area (Å²) in [5, 5.41) is 4.51. The molecular weight excluding hydrogens is 789 g/mol. The number of para-hydroxylation sites is 3. The Labute approximate surface area is 374 Å². The minimum Gasteiger partial charge on any atom is -0.455 e. The van der Waals surface area contributed by atoms with Crippen molar-refractivity contribution in [2.45, 2.75) is 0 Å². The molecule has 294 valence electrons. The van der Waals surface area contributed by atoms with Crippen LogP contribution in [0.5, 0.6) is 0 Å². The van der Waals surface area contributed by atoms with Gasteiger partial charge >= 0.3 is 0 Å². The quantitative estimate of drug-likeness (QED) is 0.168. The summed E-state index contributed by atoms with van der Waals surface area (Å²) in [5.41, 5.74) is 8.57. The van der Waals surface area contributed by atoms with Crippen molar-refractivity contribution in [2.24, 2.45) is 0 Å². The van der Waals surface area contributed by atoms with Gasteiger partial charge in [0.25, 0.3) is 0 Å². The third-order valence-corrected chi connectivity index (χ3v) is 13.1. The highest BCUT2D eigenvalue weighted by Crippen LogP contribution is 2.45. The van der Waals surface area contributed by atoms with E-state index < -0.39 is 0 Å². The number of aromatic nitrogens is 4. The van der Waals surface area contributed by atoms with E-state index >= 15 is 0 Å². The van der Waals surface area contributed by atoms with Crippen molar-refractivity contribution in [3.05, 3.63) is 206 Å². The third-order valence-electron chi connectivity index (χ3n) is 11.8. The molecule has 0 aliphatic heterocycles. The van der Waals surface area contributed by atoms with Crippen LogP contribution in [0.3, 0.4) is 0 Å². The molecule has 4 aromatic heterocycles. The second-order valence-corrected chi connectivity index (χ2v) is 16.5. The average Bonchev–Trinajstić information content (AvgIpc) is 4.08. The molecule has 5 nitrogen and oxygen atoms in total. The number of rotatable bonds is 6. The van der Waals surface area contributed by atoms with E-state index in [0.717, 1.165) is 69.9 Å². The Hall–Kier alpha value is -8.19. The molecule has 6 heteroatoms. The molecule has 0 saturated heterocycles. The van der Waals surface area contributed by atoms with Gasteiger partial charge in [-0.15, -0.1) is 11.3 Å². The van der Waals surface area contributed by atoms with Crippen molar-refractivity contribution in [1.29, 1.82) is 0 Å². The maximum absolute atomic E-state index is 9.25. The van der Waals surface area contributed by atoms with Crippen molar-refractivity contribution >= 4 is 75.3 Å². The van der Waals surface area contributed by atoms with Crippen LogP contribution in [0.25, 0.3) is 126 Å². The second-order valence-electron chi connectivity index (χ2n) is 15.4. The molecule has 0 spiro atoms. The normalized spacial score (nSPS) is 13.1. The standard InChI is InChI=1S/C57H34N4OS/c1-3-15-35(16-4-1)55-58-56(36-17-5-2-6-18-36)60-57(59-55)46-25-13-22-43-41-31-29-38(34-51(41)62-53(43)46)37-30-32-50(61-48-26-10-7-19-39(48)40-20-8-11-27-49(40)61)47(33-37)45-24-14-23-44-42-21-9-12-28-52(42)63-54(44)45/h1-34H/i7D,8D,19D,20D,26D,27D. The predicted octanol–water partition coefficient (Wildman–Crippen LogP) is 15.6. The van der Waals surface area contributed by atoms with E-state index in [-0.39, 0.29) is 47.0 Å². The summed E-state index contributed by atoms with van der Waals surface area (Å²) < 4.78 is 64.7. The highest BCUT2D eigenvalue weighted by Gasteiger charge is 2.21. The molecule has 0 unspecified atom stereocenters. The van der Waals surface area contributed by atoms with E-state index in [1.807, 2.05) is 115 Å². The Balaban J connectivity index is 1.03. The number of nitrogens with zero attached hydrogens (tertiary/aromatic N) is 4. The molecule has 0 radical (unpaired) electrons. The van der Waals surface area contributed by atoms with Crippen LogP contribution in [0.2, 0.25) is 0 Å².